The Morgan fingerprint density at radius 2 is 2.00 bits per heavy atom. The molecule has 3 rings (SSSR count). The molecule has 0 aromatic carbocycles. The number of hydroxylamine groups is 2. The molecule has 2 saturated carbocycles. The number of carbonyl (C=O) groups is 1. The number of fused-ring (bicyclic) bond motifs is 2. The fourth-order valence-corrected chi connectivity index (χ4v) is 3.60. The summed E-state index contributed by atoms with van der Waals surface area (Å²) in [6, 6.07) is 3.48. The molecule has 0 radical (unpaired) electrons. The number of pyridine rings is 1. The Hall–Kier alpha value is -1.62. The van der Waals surface area contributed by atoms with Gasteiger partial charge in [0.25, 0.3) is 5.91 Å². The Kier molecular flexibility index (Phi) is 4.10. The van der Waals surface area contributed by atoms with Crippen LogP contribution >= 0.6 is 0 Å². The van der Waals surface area contributed by atoms with E-state index in [2.05, 4.69) is 4.98 Å². The number of aromatic nitrogens is 1. The molecule has 1 aromatic heterocycles. The summed E-state index contributed by atoms with van der Waals surface area (Å²) in [5.41, 5.74) is 0.458. The van der Waals surface area contributed by atoms with Gasteiger partial charge in [-0.2, -0.15) is 0 Å². The minimum atomic E-state index is -0.237. The van der Waals surface area contributed by atoms with E-state index in [1.807, 2.05) is 0 Å². The van der Waals surface area contributed by atoms with Gasteiger partial charge in [0.05, 0.1) is 7.11 Å². The molecule has 2 aliphatic carbocycles. The minimum Gasteiger partial charge on any atom is -0.474 e. The summed E-state index contributed by atoms with van der Waals surface area (Å²) in [6.07, 6.45) is 8.01. The van der Waals surface area contributed by atoms with Crippen LogP contribution in [0.4, 0.5) is 0 Å². The fraction of sp³-hybridized carbons (Fsp3) is 0.625. The molecule has 2 aliphatic rings. The molecule has 1 heterocycles. The second-order valence-corrected chi connectivity index (χ2v) is 6.10. The van der Waals surface area contributed by atoms with Crippen LogP contribution in [0.5, 0.6) is 5.88 Å². The van der Waals surface area contributed by atoms with Crippen LogP contribution in [0.3, 0.4) is 0 Å². The van der Waals surface area contributed by atoms with Gasteiger partial charge in [0.1, 0.15) is 11.7 Å². The van der Waals surface area contributed by atoms with Gasteiger partial charge in [-0.15, -0.1) is 0 Å². The summed E-state index contributed by atoms with van der Waals surface area (Å²) < 4.78 is 6.07. The number of hydrogen-bond acceptors (Lipinski definition) is 4. The van der Waals surface area contributed by atoms with Crippen LogP contribution in [-0.2, 0) is 4.84 Å². The summed E-state index contributed by atoms with van der Waals surface area (Å²) >= 11 is 0. The Labute approximate surface area is 125 Å². The second-order valence-electron chi connectivity index (χ2n) is 6.10. The zero-order valence-electron chi connectivity index (χ0n) is 12.6. The predicted octanol–water partition coefficient (Wildman–Crippen LogP) is 2.67. The van der Waals surface area contributed by atoms with Gasteiger partial charge in [0, 0.05) is 13.2 Å². The molecule has 1 aromatic rings. The van der Waals surface area contributed by atoms with Gasteiger partial charge >= 0.3 is 0 Å². The van der Waals surface area contributed by atoms with Gasteiger partial charge < -0.3 is 4.74 Å². The maximum atomic E-state index is 12.3. The average molecular weight is 290 g/mol. The maximum absolute atomic E-state index is 12.3. The van der Waals surface area contributed by atoms with E-state index in [0.29, 0.717) is 11.4 Å². The normalized spacial score (nSPS) is 27.4. The molecule has 2 fully saturated rings. The lowest BCUT2D eigenvalue weighted by molar-refractivity contribution is -0.0760. The lowest BCUT2D eigenvalue weighted by atomic mass is 9.87. The van der Waals surface area contributed by atoms with Crippen LogP contribution in [0.1, 0.15) is 42.5 Å². The van der Waals surface area contributed by atoms with Crippen LogP contribution in [-0.4, -0.2) is 36.2 Å². The molecule has 1 amide bonds. The molecule has 0 aliphatic heterocycles. The van der Waals surface area contributed by atoms with Gasteiger partial charge in [-0.1, -0.05) is 12.8 Å². The van der Waals surface area contributed by atoms with Gasteiger partial charge in [0.2, 0.25) is 5.88 Å². The van der Waals surface area contributed by atoms with Crippen molar-refractivity contribution in [1.29, 1.82) is 0 Å². The number of nitrogens with zero attached hydrogens (tertiary/aromatic N) is 2. The summed E-state index contributed by atoms with van der Waals surface area (Å²) in [5.74, 6) is 1.77. The molecule has 0 spiro atoms. The predicted molar refractivity (Wildman–Crippen MR) is 77.8 cm³/mol. The second kappa shape index (κ2) is 6.02. The number of hydrogen-bond donors (Lipinski definition) is 0. The minimum absolute atomic E-state index is 0.186. The van der Waals surface area contributed by atoms with Gasteiger partial charge in [-0.3, -0.25) is 9.63 Å². The third-order valence-corrected chi connectivity index (χ3v) is 4.68. The quantitative estimate of drug-likeness (QED) is 0.800. The fourth-order valence-electron chi connectivity index (χ4n) is 3.60. The maximum Gasteiger partial charge on any atom is 0.282 e. The topological polar surface area (TPSA) is 51.7 Å². The van der Waals surface area contributed by atoms with Gasteiger partial charge in [0.15, 0.2) is 0 Å². The molecule has 0 saturated heterocycles. The van der Waals surface area contributed by atoms with Crippen LogP contribution in [0.25, 0.3) is 0 Å². The first-order valence-corrected chi connectivity index (χ1v) is 7.61. The summed E-state index contributed by atoms with van der Waals surface area (Å²) in [6.45, 7) is 0. The molecule has 21 heavy (non-hydrogen) atoms. The van der Waals surface area contributed by atoms with E-state index in [1.54, 1.807) is 25.4 Å². The monoisotopic (exact) mass is 290 g/mol. The lowest BCUT2D eigenvalue weighted by Gasteiger charge is -2.28. The first-order chi connectivity index (χ1) is 10.2. The molecule has 114 valence electrons. The highest BCUT2D eigenvalue weighted by molar-refractivity contribution is 5.95. The van der Waals surface area contributed by atoms with E-state index in [4.69, 9.17) is 9.57 Å². The highest BCUT2D eigenvalue weighted by Crippen LogP contribution is 2.43. The van der Waals surface area contributed by atoms with Crippen molar-refractivity contribution >= 4 is 5.91 Å². The van der Waals surface area contributed by atoms with Crippen molar-refractivity contribution in [2.75, 3.05) is 14.2 Å². The SMILES string of the molecule is CON(C)C(=O)c1cccnc1O[C@@H]1C[C@@H]2CC[C@@H](C2)C1. The highest BCUT2D eigenvalue weighted by atomic mass is 16.7. The Bertz CT molecular complexity index is 508. The molecule has 3 atom stereocenters. The summed E-state index contributed by atoms with van der Waals surface area (Å²) in [5, 5.41) is 1.19. The number of ether oxygens (including phenoxy) is 1. The molecule has 0 unspecified atom stereocenters. The average Bonchev–Trinajstić information content (AvgIpc) is 2.85. The number of carbonyl (C=O) groups excluding carboxylic acids is 1. The van der Waals surface area contributed by atoms with Crippen LogP contribution in [0.15, 0.2) is 18.3 Å². The van der Waals surface area contributed by atoms with E-state index in [9.17, 15) is 4.79 Å². The van der Waals surface area contributed by atoms with Crippen molar-refractivity contribution in [2.24, 2.45) is 11.8 Å². The third kappa shape index (κ3) is 3.02. The van der Waals surface area contributed by atoms with Crippen molar-refractivity contribution < 1.29 is 14.4 Å². The van der Waals surface area contributed by atoms with Gasteiger partial charge in [-0.25, -0.2) is 10.0 Å². The van der Waals surface area contributed by atoms with E-state index < -0.39 is 0 Å². The largest absolute Gasteiger partial charge is 0.474 e. The third-order valence-electron chi connectivity index (χ3n) is 4.68. The van der Waals surface area contributed by atoms with Crippen molar-refractivity contribution in [3.05, 3.63) is 23.9 Å². The lowest BCUT2D eigenvalue weighted by Crippen LogP contribution is -2.29. The first-order valence-electron chi connectivity index (χ1n) is 7.61. The Morgan fingerprint density at radius 3 is 2.67 bits per heavy atom. The van der Waals surface area contributed by atoms with E-state index in [1.165, 1.54) is 31.4 Å². The van der Waals surface area contributed by atoms with Crippen LogP contribution in [0, 0.1) is 11.8 Å². The zero-order valence-corrected chi connectivity index (χ0v) is 12.6. The Balaban J connectivity index is 1.75. The van der Waals surface area contributed by atoms with Crippen molar-refractivity contribution in [3.63, 3.8) is 0 Å². The van der Waals surface area contributed by atoms with Crippen molar-refractivity contribution in [1.82, 2.24) is 10.0 Å². The number of amides is 1. The first kappa shape index (κ1) is 14.3. The molecule has 2 bridgehead atoms. The summed E-state index contributed by atoms with van der Waals surface area (Å²) in [7, 11) is 3.05. The highest BCUT2D eigenvalue weighted by Gasteiger charge is 2.35. The molecular formula is C16H22N2O3. The molecule has 0 N–H and O–H groups in total. The van der Waals surface area contributed by atoms with Crippen molar-refractivity contribution in [3.8, 4) is 5.88 Å². The van der Waals surface area contributed by atoms with E-state index in [0.717, 1.165) is 24.7 Å². The smallest absolute Gasteiger partial charge is 0.282 e. The molecular weight excluding hydrogens is 268 g/mol. The molecule has 5 nitrogen and oxygen atoms in total. The van der Waals surface area contributed by atoms with Crippen molar-refractivity contribution in [2.45, 2.75) is 38.2 Å². The summed E-state index contributed by atoms with van der Waals surface area (Å²) in [4.78, 5) is 21.5. The standard InChI is InChI=1S/C16H22N2O3/c1-18(20-2)16(19)14-4-3-7-17-15(14)21-13-9-11-5-6-12(8-11)10-13/h3-4,7,11-13H,5-6,8-10H2,1-2H3/t11-,12+,13-. The van der Waals surface area contributed by atoms with Crippen LogP contribution in [0.2, 0.25) is 0 Å². The van der Waals surface area contributed by atoms with E-state index >= 15 is 0 Å². The zero-order chi connectivity index (χ0) is 14.8. The van der Waals surface area contributed by atoms with Gasteiger partial charge in [-0.05, 0) is 43.2 Å². The molecule has 5 heteroatoms. The Morgan fingerprint density at radius 1 is 1.29 bits per heavy atom. The van der Waals surface area contributed by atoms with Crippen LogP contribution < -0.4 is 4.74 Å². The number of rotatable bonds is 4. The van der Waals surface area contributed by atoms with E-state index in [-0.39, 0.29) is 12.0 Å².